The Bertz CT molecular complexity index is 184. The predicted molar refractivity (Wildman–Crippen MR) is 56.5 cm³/mol. The molecule has 0 aromatic carbocycles. The number of hydrogen-bond donors (Lipinski definition) is 1. The minimum absolute atomic E-state index is 0.269. The summed E-state index contributed by atoms with van der Waals surface area (Å²) >= 11 is 0. The topological polar surface area (TPSA) is 20.2 Å². The molecule has 0 aromatic heterocycles. The van der Waals surface area contributed by atoms with Gasteiger partial charge in [-0.3, -0.25) is 0 Å². The Morgan fingerprint density at radius 2 is 2.15 bits per heavy atom. The van der Waals surface area contributed by atoms with Crippen molar-refractivity contribution in [3.05, 3.63) is 12.7 Å². The molecule has 76 valence electrons. The van der Waals surface area contributed by atoms with E-state index in [1.165, 1.54) is 19.3 Å². The van der Waals surface area contributed by atoms with E-state index >= 15 is 0 Å². The summed E-state index contributed by atoms with van der Waals surface area (Å²) in [4.78, 5) is 0. The zero-order valence-electron chi connectivity index (χ0n) is 9.09. The molecule has 0 saturated heterocycles. The van der Waals surface area contributed by atoms with Crippen molar-refractivity contribution >= 4 is 0 Å². The molecule has 0 radical (unpaired) electrons. The smallest absolute Gasteiger partial charge is 0.0754 e. The Labute approximate surface area is 81.9 Å². The fraction of sp³-hybridized carbons (Fsp3) is 0.833. The summed E-state index contributed by atoms with van der Waals surface area (Å²) in [5, 5.41) is 9.87. The fourth-order valence-electron chi connectivity index (χ4n) is 2.94. The first kappa shape index (κ1) is 10.8. The largest absolute Gasteiger partial charge is 0.389 e. The third kappa shape index (κ3) is 2.14. The lowest BCUT2D eigenvalue weighted by Gasteiger charge is -2.44. The monoisotopic (exact) mass is 182 g/mol. The van der Waals surface area contributed by atoms with Crippen LogP contribution in [0.15, 0.2) is 12.7 Å². The first-order valence-corrected chi connectivity index (χ1v) is 5.29. The maximum Gasteiger partial charge on any atom is 0.0754 e. The van der Waals surface area contributed by atoms with Crippen LogP contribution in [-0.2, 0) is 0 Å². The van der Waals surface area contributed by atoms with Crippen molar-refractivity contribution in [1.82, 2.24) is 0 Å². The summed E-state index contributed by atoms with van der Waals surface area (Å²) in [5.41, 5.74) is 0.269. The molecule has 13 heavy (non-hydrogen) atoms. The van der Waals surface area contributed by atoms with E-state index in [1.807, 2.05) is 0 Å². The lowest BCUT2D eigenvalue weighted by atomic mass is 9.62. The van der Waals surface area contributed by atoms with Crippen LogP contribution < -0.4 is 0 Å². The molecule has 1 saturated carbocycles. The molecular weight excluding hydrogens is 160 g/mol. The van der Waals surface area contributed by atoms with Crippen molar-refractivity contribution in [2.75, 3.05) is 0 Å². The molecule has 1 nitrogen and oxygen atoms in total. The Morgan fingerprint density at radius 3 is 2.62 bits per heavy atom. The molecule has 0 spiro atoms. The fourth-order valence-corrected chi connectivity index (χ4v) is 2.94. The summed E-state index contributed by atoms with van der Waals surface area (Å²) in [5.74, 6) is 1.01. The Hall–Kier alpha value is -0.300. The van der Waals surface area contributed by atoms with Crippen LogP contribution in [0, 0.1) is 17.3 Å². The third-order valence-electron chi connectivity index (χ3n) is 3.61. The van der Waals surface area contributed by atoms with Gasteiger partial charge in [-0.1, -0.05) is 39.7 Å². The molecule has 1 rings (SSSR count). The van der Waals surface area contributed by atoms with E-state index in [0.717, 1.165) is 0 Å². The zero-order chi connectivity index (χ0) is 10.1. The summed E-state index contributed by atoms with van der Waals surface area (Å²) in [6.07, 6.45) is 5.14. The Balaban J connectivity index is 2.79. The molecule has 0 bridgehead atoms. The molecule has 1 aliphatic carbocycles. The van der Waals surface area contributed by atoms with Gasteiger partial charge in [0.2, 0.25) is 0 Å². The van der Waals surface area contributed by atoms with Gasteiger partial charge in [-0.25, -0.2) is 0 Å². The van der Waals surface area contributed by atoms with Crippen molar-refractivity contribution in [3.8, 4) is 0 Å². The van der Waals surface area contributed by atoms with E-state index in [-0.39, 0.29) is 11.5 Å². The van der Waals surface area contributed by atoms with Gasteiger partial charge in [0.25, 0.3) is 0 Å². The van der Waals surface area contributed by atoms with E-state index < -0.39 is 0 Å². The lowest BCUT2D eigenvalue weighted by molar-refractivity contribution is -0.00384. The molecule has 1 N–H and O–H groups in total. The van der Waals surface area contributed by atoms with Gasteiger partial charge >= 0.3 is 0 Å². The van der Waals surface area contributed by atoms with Gasteiger partial charge in [0.05, 0.1) is 6.10 Å². The maximum atomic E-state index is 9.87. The van der Waals surface area contributed by atoms with Crippen molar-refractivity contribution < 1.29 is 5.11 Å². The highest BCUT2D eigenvalue weighted by molar-refractivity contribution is 4.96. The maximum absolute atomic E-state index is 9.87. The zero-order valence-corrected chi connectivity index (χ0v) is 9.09. The summed E-state index contributed by atoms with van der Waals surface area (Å²) in [6.45, 7) is 10.5. The van der Waals surface area contributed by atoms with E-state index in [9.17, 15) is 5.11 Å². The first-order valence-electron chi connectivity index (χ1n) is 5.29. The van der Waals surface area contributed by atoms with Gasteiger partial charge in [0.1, 0.15) is 0 Å². The van der Waals surface area contributed by atoms with Gasteiger partial charge in [-0.05, 0) is 23.7 Å². The van der Waals surface area contributed by atoms with Crippen LogP contribution in [-0.4, -0.2) is 11.2 Å². The molecule has 0 amide bonds. The van der Waals surface area contributed by atoms with Gasteiger partial charge < -0.3 is 5.11 Å². The van der Waals surface area contributed by atoms with Crippen molar-refractivity contribution in [3.63, 3.8) is 0 Å². The normalized spacial score (nSPS) is 35.4. The summed E-state index contributed by atoms with van der Waals surface area (Å²) in [6, 6.07) is 0. The first-order chi connectivity index (χ1) is 5.99. The van der Waals surface area contributed by atoms with E-state index in [4.69, 9.17) is 0 Å². The SMILES string of the molecule is C=CC(O)C1C(C)CCCC1(C)C. The summed E-state index contributed by atoms with van der Waals surface area (Å²) in [7, 11) is 0. The van der Waals surface area contributed by atoms with Gasteiger partial charge in [-0.15, -0.1) is 6.58 Å². The second-order valence-corrected chi connectivity index (χ2v) is 5.11. The second-order valence-electron chi connectivity index (χ2n) is 5.11. The van der Waals surface area contributed by atoms with E-state index in [0.29, 0.717) is 11.8 Å². The van der Waals surface area contributed by atoms with Crippen LogP contribution >= 0.6 is 0 Å². The average molecular weight is 182 g/mol. The van der Waals surface area contributed by atoms with Crippen molar-refractivity contribution in [2.45, 2.75) is 46.1 Å². The quantitative estimate of drug-likeness (QED) is 0.651. The predicted octanol–water partition coefficient (Wildman–Crippen LogP) is 3.00. The second kappa shape index (κ2) is 3.83. The average Bonchev–Trinajstić information content (AvgIpc) is 2.02. The highest BCUT2D eigenvalue weighted by Gasteiger charge is 2.39. The highest BCUT2D eigenvalue weighted by Crippen LogP contribution is 2.45. The molecule has 0 aromatic rings. The van der Waals surface area contributed by atoms with Crippen LogP contribution in [0.5, 0.6) is 0 Å². The number of aliphatic hydroxyl groups excluding tert-OH is 1. The molecule has 1 fully saturated rings. The minimum Gasteiger partial charge on any atom is -0.389 e. The molecule has 1 aliphatic rings. The summed E-state index contributed by atoms with van der Waals surface area (Å²) < 4.78 is 0. The highest BCUT2D eigenvalue weighted by atomic mass is 16.3. The number of hydrogen-bond acceptors (Lipinski definition) is 1. The third-order valence-corrected chi connectivity index (χ3v) is 3.61. The number of rotatable bonds is 2. The minimum atomic E-state index is -0.328. The molecule has 1 heteroatoms. The molecule has 3 atom stereocenters. The Kier molecular flexibility index (Phi) is 3.18. The van der Waals surface area contributed by atoms with Crippen LogP contribution in [0.1, 0.15) is 40.0 Å². The van der Waals surface area contributed by atoms with Gasteiger partial charge in [0, 0.05) is 0 Å². The number of aliphatic hydroxyl groups is 1. The standard InChI is InChI=1S/C12H22O/c1-5-10(13)11-9(2)7-6-8-12(11,3)4/h5,9-11,13H,1,6-8H2,2-4H3. The lowest BCUT2D eigenvalue weighted by Crippen LogP contribution is -2.40. The molecule has 3 unspecified atom stereocenters. The van der Waals surface area contributed by atoms with Crippen LogP contribution in [0.2, 0.25) is 0 Å². The van der Waals surface area contributed by atoms with Crippen LogP contribution in [0.4, 0.5) is 0 Å². The van der Waals surface area contributed by atoms with E-state index in [2.05, 4.69) is 27.4 Å². The molecule has 0 aliphatic heterocycles. The van der Waals surface area contributed by atoms with Crippen molar-refractivity contribution in [2.24, 2.45) is 17.3 Å². The van der Waals surface area contributed by atoms with Crippen LogP contribution in [0.25, 0.3) is 0 Å². The van der Waals surface area contributed by atoms with Gasteiger partial charge in [0.15, 0.2) is 0 Å². The molecular formula is C12H22O. The Morgan fingerprint density at radius 1 is 1.54 bits per heavy atom. The van der Waals surface area contributed by atoms with Crippen LogP contribution in [0.3, 0.4) is 0 Å². The van der Waals surface area contributed by atoms with Crippen molar-refractivity contribution in [1.29, 1.82) is 0 Å². The van der Waals surface area contributed by atoms with Gasteiger partial charge in [-0.2, -0.15) is 0 Å². The molecule has 0 heterocycles. The van der Waals surface area contributed by atoms with E-state index in [1.54, 1.807) is 6.08 Å².